The van der Waals surface area contributed by atoms with Crippen molar-refractivity contribution in [3.63, 3.8) is 0 Å². The van der Waals surface area contributed by atoms with Crippen molar-refractivity contribution in [2.45, 2.75) is 32.8 Å². The summed E-state index contributed by atoms with van der Waals surface area (Å²) in [5.41, 5.74) is 1.13. The molecule has 140 valence electrons. The van der Waals surface area contributed by atoms with Crippen molar-refractivity contribution in [3.8, 4) is 0 Å². The van der Waals surface area contributed by atoms with Crippen molar-refractivity contribution in [1.29, 1.82) is 0 Å². The van der Waals surface area contributed by atoms with Crippen molar-refractivity contribution < 1.29 is 9.53 Å². The number of hydrogen-bond donors (Lipinski definition) is 0. The molecular formula is C19H25ClN4O2. The lowest BCUT2D eigenvalue weighted by molar-refractivity contribution is 0.0288. The van der Waals surface area contributed by atoms with Crippen molar-refractivity contribution >= 4 is 34.5 Å². The standard InChI is InChI=1S/C19H25ClN4O2/c1-19(2,3)26-18(25)24-10-9-13(12-24)11-23(4)17-16(20)21-14-7-5-6-8-15(14)22-17/h5-8,13H,9-12H2,1-4H3/t13-/m1/s1. The number of likely N-dealkylation sites (tertiary alicyclic amines) is 1. The Kier molecular flexibility index (Phi) is 5.23. The molecule has 0 spiro atoms. The van der Waals surface area contributed by atoms with E-state index in [2.05, 4.69) is 9.97 Å². The molecule has 0 aliphatic carbocycles. The van der Waals surface area contributed by atoms with E-state index < -0.39 is 5.60 Å². The van der Waals surface area contributed by atoms with E-state index in [0.717, 1.165) is 24.0 Å². The number of hydrogen-bond acceptors (Lipinski definition) is 5. The van der Waals surface area contributed by atoms with E-state index in [-0.39, 0.29) is 6.09 Å². The summed E-state index contributed by atoms with van der Waals surface area (Å²) >= 11 is 6.34. The summed E-state index contributed by atoms with van der Waals surface area (Å²) in [4.78, 5) is 25.1. The largest absolute Gasteiger partial charge is 0.444 e. The van der Waals surface area contributed by atoms with Gasteiger partial charge in [0.2, 0.25) is 0 Å². The van der Waals surface area contributed by atoms with Crippen LogP contribution in [0.3, 0.4) is 0 Å². The molecule has 1 fully saturated rings. The van der Waals surface area contributed by atoms with Gasteiger partial charge >= 0.3 is 6.09 Å². The number of halogens is 1. The van der Waals surface area contributed by atoms with Gasteiger partial charge in [0.05, 0.1) is 11.0 Å². The molecule has 1 atom stereocenters. The summed E-state index contributed by atoms with van der Waals surface area (Å²) in [7, 11) is 1.96. The van der Waals surface area contributed by atoms with Gasteiger partial charge in [-0.05, 0) is 45.2 Å². The lowest BCUT2D eigenvalue weighted by Crippen LogP contribution is -2.36. The summed E-state index contributed by atoms with van der Waals surface area (Å²) in [6.45, 7) is 7.79. The normalized spacial score (nSPS) is 17.6. The number of carbonyl (C=O) groups excluding carboxylic acids is 1. The van der Waals surface area contributed by atoms with Crippen LogP contribution in [0, 0.1) is 5.92 Å². The number of benzene rings is 1. The Morgan fingerprint density at radius 2 is 1.96 bits per heavy atom. The van der Waals surface area contributed by atoms with Crippen LogP contribution in [0.25, 0.3) is 11.0 Å². The molecule has 0 radical (unpaired) electrons. The number of rotatable bonds is 3. The van der Waals surface area contributed by atoms with Crippen LogP contribution in [0.5, 0.6) is 0 Å². The van der Waals surface area contributed by atoms with Crippen molar-refractivity contribution in [2.75, 3.05) is 31.6 Å². The van der Waals surface area contributed by atoms with E-state index in [1.807, 2.05) is 57.0 Å². The maximum absolute atomic E-state index is 12.2. The average Bonchev–Trinajstić information content (AvgIpc) is 3.01. The highest BCUT2D eigenvalue weighted by Crippen LogP contribution is 2.26. The van der Waals surface area contributed by atoms with E-state index in [0.29, 0.717) is 30.0 Å². The molecule has 0 bridgehead atoms. The Hall–Kier alpha value is -2.08. The molecule has 3 rings (SSSR count). The second-order valence-electron chi connectivity index (χ2n) is 7.79. The number of nitrogens with zero attached hydrogens (tertiary/aromatic N) is 4. The zero-order chi connectivity index (χ0) is 18.9. The lowest BCUT2D eigenvalue weighted by Gasteiger charge is -2.25. The van der Waals surface area contributed by atoms with E-state index in [1.54, 1.807) is 4.90 Å². The fraction of sp³-hybridized carbons (Fsp3) is 0.526. The number of ether oxygens (including phenoxy) is 1. The molecule has 1 aliphatic rings. The number of carbonyl (C=O) groups is 1. The first-order valence-electron chi connectivity index (χ1n) is 8.84. The number of amides is 1. The molecule has 0 N–H and O–H groups in total. The SMILES string of the molecule is CN(C[C@H]1CCN(C(=O)OC(C)(C)C)C1)c1nc2ccccc2nc1Cl. The molecule has 7 heteroatoms. The van der Waals surface area contributed by atoms with E-state index in [1.165, 1.54) is 0 Å². The third-order valence-corrected chi connectivity index (χ3v) is 4.60. The minimum Gasteiger partial charge on any atom is -0.444 e. The first kappa shape index (κ1) is 18.7. The third kappa shape index (κ3) is 4.36. The van der Waals surface area contributed by atoms with Crippen LogP contribution >= 0.6 is 11.6 Å². The number of para-hydroxylation sites is 2. The van der Waals surface area contributed by atoms with Gasteiger partial charge in [-0.25, -0.2) is 14.8 Å². The summed E-state index contributed by atoms with van der Waals surface area (Å²) in [6, 6.07) is 7.67. The highest BCUT2D eigenvalue weighted by Gasteiger charge is 2.30. The van der Waals surface area contributed by atoms with Gasteiger partial charge in [-0.3, -0.25) is 0 Å². The zero-order valence-corrected chi connectivity index (χ0v) is 16.5. The second-order valence-corrected chi connectivity index (χ2v) is 8.15. The molecular weight excluding hydrogens is 352 g/mol. The fourth-order valence-corrected chi connectivity index (χ4v) is 3.44. The highest BCUT2D eigenvalue weighted by atomic mass is 35.5. The van der Waals surface area contributed by atoms with Crippen LogP contribution in [-0.4, -0.2) is 53.2 Å². The minimum atomic E-state index is -0.472. The molecule has 26 heavy (non-hydrogen) atoms. The van der Waals surface area contributed by atoms with Crippen LogP contribution in [0.1, 0.15) is 27.2 Å². The molecule has 0 unspecified atom stereocenters. The van der Waals surface area contributed by atoms with Crippen LogP contribution in [0.4, 0.5) is 10.6 Å². The maximum Gasteiger partial charge on any atom is 0.410 e. The maximum atomic E-state index is 12.2. The molecule has 1 saturated heterocycles. The average molecular weight is 377 g/mol. The van der Waals surface area contributed by atoms with Crippen molar-refractivity contribution in [3.05, 3.63) is 29.4 Å². The Morgan fingerprint density at radius 3 is 2.62 bits per heavy atom. The smallest absolute Gasteiger partial charge is 0.410 e. The Morgan fingerprint density at radius 1 is 1.31 bits per heavy atom. The Labute approximate surface area is 159 Å². The lowest BCUT2D eigenvalue weighted by atomic mass is 10.1. The van der Waals surface area contributed by atoms with Gasteiger partial charge in [0.15, 0.2) is 11.0 Å². The number of fused-ring (bicyclic) bond motifs is 1. The van der Waals surface area contributed by atoms with Crippen LogP contribution in [-0.2, 0) is 4.74 Å². The molecule has 1 aromatic carbocycles. The van der Waals surface area contributed by atoms with Crippen LogP contribution in [0.15, 0.2) is 24.3 Å². The van der Waals surface area contributed by atoms with Gasteiger partial charge in [0, 0.05) is 26.7 Å². The molecule has 2 heterocycles. The van der Waals surface area contributed by atoms with Gasteiger partial charge in [0.1, 0.15) is 5.60 Å². The van der Waals surface area contributed by atoms with Crippen molar-refractivity contribution in [2.24, 2.45) is 5.92 Å². The predicted octanol–water partition coefficient (Wildman–Crippen LogP) is 3.98. The monoisotopic (exact) mass is 376 g/mol. The summed E-state index contributed by atoms with van der Waals surface area (Å²) in [5.74, 6) is 1.01. The zero-order valence-electron chi connectivity index (χ0n) is 15.7. The second kappa shape index (κ2) is 7.27. The first-order valence-corrected chi connectivity index (χ1v) is 9.22. The summed E-state index contributed by atoms with van der Waals surface area (Å²) in [6.07, 6.45) is 0.688. The van der Waals surface area contributed by atoms with Gasteiger partial charge in [-0.2, -0.15) is 0 Å². The molecule has 0 saturated carbocycles. The van der Waals surface area contributed by atoms with Crippen LogP contribution < -0.4 is 4.90 Å². The Bertz CT molecular complexity index is 806. The van der Waals surface area contributed by atoms with E-state index in [9.17, 15) is 4.79 Å². The van der Waals surface area contributed by atoms with Gasteiger partial charge in [0.25, 0.3) is 0 Å². The van der Waals surface area contributed by atoms with Crippen LogP contribution in [0.2, 0.25) is 5.15 Å². The molecule has 1 aromatic heterocycles. The molecule has 6 nitrogen and oxygen atoms in total. The number of anilines is 1. The quantitative estimate of drug-likeness (QED) is 0.811. The fourth-order valence-electron chi connectivity index (χ4n) is 3.16. The summed E-state index contributed by atoms with van der Waals surface area (Å²) in [5, 5.41) is 0.396. The minimum absolute atomic E-state index is 0.244. The van der Waals surface area contributed by atoms with E-state index in [4.69, 9.17) is 16.3 Å². The molecule has 1 aliphatic heterocycles. The summed E-state index contributed by atoms with van der Waals surface area (Å²) < 4.78 is 5.46. The molecule has 2 aromatic rings. The third-order valence-electron chi connectivity index (χ3n) is 4.34. The Balaban J connectivity index is 1.65. The van der Waals surface area contributed by atoms with E-state index >= 15 is 0 Å². The topological polar surface area (TPSA) is 58.6 Å². The number of aromatic nitrogens is 2. The van der Waals surface area contributed by atoms with Crippen molar-refractivity contribution in [1.82, 2.24) is 14.9 Å². The van der Waals surface area contributed by atoms with Gasteiger partial charge in [-0.1, -0.05) is 23.7 Å². The van der Waals surface area contributed by atoms with Gasteiger partial charge < -0.3 is 14.5 Å². The van der Waals surface area contributed by atoms with Gasteiger partial charge in [-0.15, -0.1) is 0 Å². The predicted molar refractivity (Wildman–Crippen MR) is 104 cm³/mol. The first-order chi connectivity index (χ1) is 12.2. The molecule has 1 amide bonds. The highest BCUT2D eigenvalue weighted by molar-refractivity contribution is 6.32.